The van der Waals surface area contributed by atoms with E-state index in [1.807, 2.05) is 38.1 Å². The van der Waals surface area contributed by atoms with Gasteiger partial charge in [0.25, 0.3) is 0 Å². The Morgan fingerprint density at radius 1 is 1.17 bits per heavy atom. The third-order valence-corrected chi connectivity index (χ3v) is 7.14. The van der Waals surface area contributed by atoms with Crippen molar-refractivity contribution in [1.82, 2.24) is 10.2 Å². The van der Waals surface area contributed by atoms with E-state index in [1.54, 1.807) is 6.92 Å². The lowest BCUT2D eigenvalue weighted by atomic mass is 10.1. The van der Waals surface area contributed by atoms with Crippen LogP contribution in [0.1, 0.15) is 37.8 Å². The largest absolute Gasteiger partial charge is 0.495 e. The SMILES string of the molecule is CCCCNC(=O)[C@H](C)N(Cc1ccccc1C)C(=O)CN(c1ccc(OC)c(Cl)c1)S(C)(=O)=O. The van der Waals surface area contributed by atoms with Gasteiger partial charge in [-0.1, -0.05) is 49.2 Å². The average molecular weight is 524 g/mol. The van der Waals surface area contributed by atoms with Crippen LogP contribution < -0.4 is 14.4 Å². The molecule has 10 heteroatoms. The molecule has 0 radical (unpaired) electrons. The van der Waals surface area contributed by atoms with Gasteiger partial charge in [-0.3, -0.25) is 13.9 Å². The molecule has 0 saturated heterocycles. The molecule has 0 heterocycles. The fourth-order valence-electron chi connectivity index (χ4n) is 3.51. The minimum absolute atomic E-state index is 0.162. The Morgan fingerprint density at radius 3 is 2.43 bits per heavy atom. The Bertz CT molecular complexity index is 1140. The number of carbonyl (C=O) groups is 2. The van der Waals surface area contributed by atoms with Crippen molar-refractivity contribution in [3.05, 3.63) is 58.6 Å². The lowest BCUT2D eigenvalue weighted by molar-refractivity contribution is -0.139. The number of nitrogens with zero attached hydrogens (tertiary/aromatic N) is 2. The van der Waals surface area contributed by atoms with E-state index in [1.165, 1.54) is 30.2 Å². The summed E-state index contributed by atoms with van der Waals surface area (Å²) in [6.07, 6.45) is 2.77. The second-order valence-electron chi connectivity index (χ2n) is 8.36. The average Bonchev–Trinajstić information content (AvgIpc) is 2.80. The lowest BCUT2D eigenvalue weighted by Crippen LogP contribution is -2.51. The quantitative estimate of drug-likeness (QED) is 0.427. The van der Waals surface area contributed by atoms with Crippen LogP contribution in [0.4, 0.5) is 5.69 Å². The molecule has 0 aromatic heterocycles. The van der Waals surface area contributed by atoms with Gasteiger partial charge in [-0.05, 0) is 49.6 Å². The maximum atomic E-state index is 13.6. The Morgan fingerprint density at radius 2 is 1.86 bits per heavy atom. The fraction of sp³-hybridized carbons (Fsp3) is 0.440. The normalized spacial score (nSPS) is 12.1. The van der Waals surface area contributed by atoms with E-state index in [9.17, 15) is 18.0 Å². The van der Waals surface area contributed by atoms with Crippen molar-refractivity contribution in [3.8, 4) is 5.75 Å². The van der Waals surface area contributed by atoms with Gasteiger partial charge in [-0.15, -0.1) is 0 Å². The molecule has 1 atom stereocenters. The van der Waals surface area contributed by atoms with Gasteiger partial charge in [0.1, 0.15) is 18.3 Å². The van der Waals surface area contributed by atoms with Crippen LogP contribution >= 0.6 is 11.6 Å². The van der Waals surface area contributed by atoms with Crippen molar-refractivity contribution in [3.63, 3.8) is 0 Å². The molecule has 0 unspecified atom stereocenters. The van der Waals surface area contributed by atoms with Gasteiger partial charge >= 0.3 is 0 Å². The summed E-state index contributed by atoms with van der Waals surface area (Å²) in [5.74, 6) is -0.420. The first kappa shape index (κ1) is 28.5. The van der Waals surface area contributed by atoms with Crippen molar-refractivity contribution >= 4 is 39.1 Å². The predicted octanol–water partition coefficient (Wildman–Crippen LogP) is 3.76. The number of anilines is 1. The third kappa shape index (κ3) is 7.86. The number of hydrogen-bond donors (Lipinski definition) is 1. The van der Waals surface area contributed by atoms with E-state index in [2.05, 4.69) is 5.32 Å². The van der Waals surface area contributed by atoms with Crippen LogP contribution in [-0.4, -0.2) is 57.6 Å². The molecule has 0 bridgehead atoms. The number of ether oxygens (including phenoxy) is 1. The molecule has 35 heavy (non-hydrogen) atoms. The molecule has 2 aromatic rings. The summed E-state index contributed by atoms with van der Waals surface area (Å²) in [6.45, 7) is 5.77. The van der Waals surface area contributed by atoms with Crippen LogP contribution in [0.2, 0.25) is 5.02 Å². The second-order valence-corrected chi connectivity index (χ2v) is 10.7. The Hall–Kier alpha value is -2.78. The Balaban J connectivity index is 2.39. The summed E-state index contributed by atoms with van der Waals surface area (Å²) in [7, 11) is -2.39. The molecule has 1 N–H and O–H groups in total. The van der Waals surface area contributed by atoms with Crippen molar-refractivity contribution < 1.29 is 22.7 Å². The van der Waals surface area contributed by atoms with Crippen LogP contribution in [0.15, 0.2) is 42.5 Å². The van der Waals surface area contributed by atoms with Crippen LogP contribution in [0.3, 0.4) is 0 Å². The number of rotatable bonds is 12. The molecule has 192 valence electrons. The molecule has 2 amide bonds. The number of aryl methyl sites for hydroxylation is 1. The molecule has 0 aliphatic carbocycles. The number of amides is 2. The minimum atomic E-state index is -3.84. The topological polar surface area (TPSA) is 96.0 Å². The zero-order chi connectivity index (χ0) is 26.2. The first-order valence-electron chi connectivity index (χ1n) is 11.4. The Labute approximate surface area is 213 Å². The van der Waals surface area contributed by atoms with E-state index < -0.39 is 28.5 Å². The zero-order valence-corrected chi connectivity index (χ0v) is 22.4. The van der Waals surface area contributed by atoms with Crippen LogP contribution in [0.5, 0.6) is 5.75 Å². The van der Waals surface area contributed by atoms with Gasteiger partial charge in [0, 0.05) is 13.1 Å². The molecule has 2 rings (SSSR count). The molecule has 0 saturated carbocycles. The van der Waals surface area contributed by atoms with Gasteiger partial charge < -0.3 is 15.0 Å². The molecular formula is C25H34ClN3O5S. The van der Waals surface area contributed by atoms with Gasteiger partial charge in [-0.25, -0.2) is 8.42 Å². The highest BCUT2D eigenvalue weighted by Gasteiger charge is 2.30. The number of hydrogen-bond acceptors (Lipinski definition) is 5. The smallest absolute Gasteiger partial charge is 0.244 e. The first-order chi connectivity index (χ1) is 16.5. The number of methoxy groups -OCH3 is 1. The van der Waals surface area contributed by atoms with Crippen LogP contribution in [-0.2, 0) is 26.2 Å². The highest BCUT2D eigenvalue weighted by molar-refractivity contribution is 7.92. The minimum Gasteiger partial charge on any atom is -0.495 e. The summed E-state index contributed by atoms with van der Waals surface area (Å²) in [4.78, 5) is 27.8. The number of halogens is 1. The molecule has 2 aromatic carbocycles. The van der Waals surface area contributed by atoms with Gasteiger partial charge in [0.15, 0.2) is 0 Å². The Kier molecular flexibility index (Phi) is 10.4. The first-order valence-corrected chi connectivity index (χ1v) is 13.6. The van der Waals surface area contributed by atoms with E-state index in [0.29, 0.717) is 12.3 Å². The van der Waals surface area contributed by atoms with Crippen molar-refractivity contribution in [2.24, 2.45) is 0 Å². The molecule has 0 aliphatic rings. The highest BCUT2D eigenvalue weighted by Crippen LogP contribution is 2.30. The van der Waals surface area contributed by atoms with E-state index >= 15 is 0 Å². The van der Waals surface area contributed by atoms with Crippen molar-refractivity contribution in [1.29, 1.82) is 0 Å². The van der Waals surface area contributed by atoms with Gasteiger partial charge in [0.05, 0.1) is 24.1 Å². The van der Waals surface area contributed by atoms with E-state index in [0.717, 1.165) is 34.5 Å². The molecular weight excluding hydrogens is 490 g/mol. The van der Waals surface area contributed by atoms with Crippen molar-refractivity contribution in [2.45, 2.75) is 46.2 Å². The van der Waals surface area contributed by atoms with Crippen molar-refractivity contribution in [2.75, 3.05) is 30.8 Å². The molecule has 0 aliphatic heterocycles. The number of carbonyl (C=O) groups excluding carboxylic acids is 2. The van der Waals surface area contributed by atoms with Crippen LogP contribution in [0, 0.1) is 6.92 Å². The maximum absolute atomic E-state index is 13.6. The summed E-state index contributed by atoms with van der Waals surface area (Å²) >= 11 is 6.21. The van der Waals surface area contributed by atoms with Gasteiger partial charge in [0.2, 0.25) is 21.8 Å². The maximum Gasteiger partial charge on any atom is 0.244 e. The number of nitrogens with one attached hydrogen (secondary N) is 1. The summed E-state index contributed by atoms with van der Waals surface area (Å²) in [5.41, 5.74) is 2.06. The fourth-order valence-corrected chi connectivity index (χ4v) is 4.61. The third-order valence-electron chi connectivity index (χ3n) is 5.70. The number of benzene rings is 2. The van der Waals surface area contributed by atoms with Crippen LogP contribution in [0.25, 0.3) is 0 Å². The number of sulfonamides is 1. The summed E-state index contributed by atoms with van der Waals surface area (Å²) in [6, 6.07) is 11.2. The van der Waals surface area contributed by atoms with E-state index in [-0.39, 0.29) is 23.2 Å². The lowest BCUT2D eigenvalue weighted by Gasteiger charge is -2.32. The standard InChI is InChI=1S/C25H34ClN3O5S/c1-6-7-14-27-25(31)19(3)28(16-20-11-9-8-10-18(20)2)24(30)17-29(35(5,32)33)21-12-13-23(34-4)22(26)15-21/h8-13,15,19H,6-7,14,16-17H2,1-5H3,(H,27,31)/t19-/m0/s1. The molecule has 8 nitrogen and oxygen atoms in total. The zero-order valence-electron chi connectivity index (χ0n) is 20.9. The molecule has 0 spiro atoms. The molecule has 0 fully saturated rings. The summed E-state index contributed by atoms with van der Waals surface area (Å²) in [5, 5.41) is 3.07. The predicted molar refractivity (Wildman–Crippen MR) is 139 cm³/mol. The summed E-state index contributed by atoms with van der Waals surface area (Å²) < 4.78 is 31.4. The monoisotopic (exact) mass is 523 g/mol. The van der Waals surface area contributed by atoms with Gasteiger partial charge in [-0.2, -0.15) is 0 Å². The second kappa shape index (κ2) is 12.8. The highest BCUT2D eigenvalue weighted by atomic mass is 35.5. The van der Waals surface area contributed by atoms with E-state index in [4.69, 9.17) is 16.3 Å². The number of unbranched alkanes of at least 4 members (excludes halogenated alkanes) is 1.